The fourth-order valence-electron chi connectivity index (χ4n) is 2.12. The van der Waals surface area contributed by atoms with Crippen LogP contribution in [-0.4, -0.2) is 25.0 Å². The van der Waals surface area contributed by atoms with Gasteiger partial charge in [-0.3, -0.25) is 9.78 Å². The number of hydrogen-bond donors (Lipinski definition) is 1. The molecule has 0 radical (unpaired) electrons. The molecule has 0 spiro atoms. The summed E-state index contributed by atoms with van der Waals surface area (Å²) < 4.78 is 6.18. The summed E-state index contributed by atoms with van der Waals surface area (Å²) in [5.74, 6) is -0.0545. The molecule has 1 atom stereocenters. The van der Waals surface area contributed by atoms with E-state index in [0.717, 1.165) is 31.6 Å². The minimum Gasteiger partial charge on any atom is -0.417 e. The molecule has 0 fully saturated rings. The Morgan fingerprint density at radius 1 is 1.30 bits per heavy atom. The molecule has 130 valence electrons. The van der Waals surface area contributed by atoms with Crippen molar-refractivity contribution in [1.29, 1.82) is 0 Å². The highest BCUT2D eigenvalue weighted by Gasteiger charge is 2.36. The minimum absolute atomic E-state index is 0.0408. The molecular formula is C18H31NO2SSi. The van der Waals surface area contributed by atoms with Crippen LogP contribution >= 0.6 is 12.6 Å². The Morgan fingerprint density at radius 3 is 2.52 bits per heavy atom. The second-order valence-electron chi connectivity index (χ2n) is 7.66. The highest BCUT2D eigenvalue weighted by molar-refractivity contribution is 7.96. The Labute approximate surface area is 147 Å². The van der Waals surface area contributed by atoms with Crippen molar-refractivity contribution >= 4 is 26.1 Å². The largest absolute Gasteiger partial charge is 0.417 e. The van der Waals surface area contributed by atoms with E-state index < -0.39 is 8.32 Å². The molecule has 3 nitrogen and oxygen atoms in total. The van der Waals surface area contributed by atoms with Crippen LogP contribution in [0.5, 0.6) is 0 Å². The molecule has 1 heterocycles. The maximum absolute atomic E-state index is 11.7. The molecule has 0 saturated heterocycles. The van der Waals surface area contributed by atoms with Crippen LogP contribution in [-0.2, 0) is 15.6 Å². The number of pyridine rings is 1. The second-order valence-corrected chi connectivity index (χ2v) is 12.9. The standard InChI is InChI=1S/C18H31NO2SSi/c1-18(2,3)23(4,5)21-13-9-7-10-15(17(20)22)14-16-11-6-8-12-19-16/h6,8,11-12,15H,7,9-10,13-14H2,1-5H3,(H,20,22). The van der Waals surface area contributed by atoms with Crippen LogP contribution in [0.25, 0.3) is 0 Å². The van der Waals surface area contributed by atoms with Gasteiger partial charge in [-0.1, -0.05) is 33.3 Å². The zero-order valence-electron chi connectivity index (χ0n) is 15.1. The average Bonchev–Trinajstić information content (AvgIpc) is 2.45. The molecule has 5 heteroatoms. The van der Waals surface area contributed by atoms with E-state index in [1.165, 1.54) is 0 Å². The van der Waals surface area contributed by atoms with Crippen LogP contribution in [0.15, 0.2) is 24.4 Å². The summed E-state index contributed by atoms with van der Waals surface area (Å²) in [5, 5.41) is 0.205. The number of carbonyl (C=O) groups excluding carboxylic acids is 1. The van der Waals surface area contributed by atoms with Crippen LogP contribution in [0.3, 0.4) is 0 Å². The van der Waals surface area contributed by atoms with Gasteiger partial charge in [0.2, 0.25) is 0 Å². The monoisotopic (exact) mass is 353 g/mol. The lowest BCUT2D eigenvalue weighted by Crippen LogP contribution is -2.40. The molecule has 1 unspecified atom stereocenters. The van der Waals surface area contributed by atoms with Gasteiger partial charge in [-0.05, 0) is 43.1 Å². The van der Waals surface area contributed by atoms with Crippen LogP contribution in [0.4, 0.5) is 0 Å². The Balaban J connectivity index is 2.36. The molecule has 0 aliphatic heterocycles. The maximum atomic E-state index is 11.7. The summed E-state index contributed by atoms with van der Waals surface area (Å²) in [6.07, 6.45) is 5.26. The third kappa shape index (κ3) is 7.19. The van der Waals surface area contributed by atoms with Gasteiger partial charge in [0.25, 0.3) is 0 Å². The van der Waals surface area contributed by atoms with Crippen molar-refractivity contribution in [1.82, 2.24) is 4.98 Å². The third-order valence-electron chi connectivity index (χ3n) is 4.75. The van der Waals surface area contributed by atoms with Gasteiger partial charge in [0.05, 0.1) is 0 Å². The number of carbonyl (C=O) groups is 1. The summed E-state index contributed by atoms with van der Waals surface area (Å²) >= 11 is 4.04. The van der Waals surface area contributed by atoms with Gasteiger partial charge >= 0.3 is 0 Å². The minimum atomic E-state index is -1.66. The zero-order chi connectivity index (χ0) is 17.5. The summed E-state index contributed by atoms with van der Waals surface area (Å²) in [6, 6.07) is 5.80. The van der Waals surface area contributed by atoms with E-state index in [1.807, 2.05) is 18.2 Å². The SMILES string of the molecule is CC(C)(C)[Si](C)(C)OCCCCC(Cc1ccccn1)C(=O)S. The topological polar surface area (TPSA) is 39.2 Å². The van der Waals surface area contributed by atoms with Gasteiger partial charge in [-0.25, -0.2) is 0 Å². The van der Waals surface area contributed by atoms with Crippen molar-refractivity contribution in [3.63, 3.8) is 0 Å². The van der Waals surface area contributed by atoms with Crippen LogP contribution in [0, 0.1) is 5.92 Å². The summed E-state index contributed by atoms with van der Waals surface area (Å²) in [5.41, 5.74) is 0.956. The van der Waals surface area contributed by atoms with Crippen LogP contribution in [0.1, 0.15) is 45.7 Å². The number of hydrogen-bond acceptors (Lipinski definition) is 3. The molecule has 0 bridgehead atoms. The van der Waals surface area contributed by atoms with E-state index in [0.29, 0.717) is 6.42 Å². The highest BCUT2D eigenvalue weighted by atomic mass is 32.1. The fraction of sp³-hybridized carbons (Fsp3) is 0.667. The molecule has 23 heavy (non-hydrogen) atoms. The normalized spacial score (nSPS) is 13.8. The van der Waals surface area contributed by atoms with E-state index in [-0.39, 0.29) is 16.1 Å². The van der Waals surface area contributed by atoms with Gasteiger partial charge in [0, 0.05) is 30.8 Å². The first-order valence-corrected chi connectivity index (χ1v) is 11.8. The third-order valence-corrected chi connectivity index (χ3v) is 9.65. The molecule has 0 amide bonds. The second kappa shape index (κ2) is 8.99. The summed E-state index contributed by atoms with van der Waals surface area (Å²) in [4.78, 5) is 16.0. The smallest absolute Gasteiger partial charge is 0.191 e. The maximum Gasteiger partial charge on any atom is 0.191 e. The van der Waals surface area contributed by atoms with Gasteiger partial charge in [0.1, 0.15) is 0 Å². The first kappa shape index (κ1) is 20.4. The number of thiol groups is 1. The quantitative estimate of drug-likeness (QED) is 0.390. The van der Waals surface area contributed by atoms with Crippen LogP contribution in [0.2, 0.25) is 18.1 Å². The average molecular weight is 354 g/mol. The molecule has 0 aromatic carbocycles. The van der Waals surface area contributed by atoms with Gasteiger partial charge in [0.15, 0.2) is 13.4 Å². The van der Waals surface area contributed by atoms with E-state index in [2.05, 4.69) is 51.5 Å². The Bertz CT molecular complexity index is 486. The van der Waals surface area contributed by atoms with E-state index in [1.54, 1.807) is 6.20 Å². The van der Waals surface area contributed by atoms with Crippen molar-refractivity contribution in [2.75, 3.05) is 6.61 Å². The Hall–Kier alpha value is -0.653. The Kier molecular flexibility index (Phi) is 7.97. The lowest BCUT2D eigenvalue weighted by atomic mass is 9.98. The Morgan fingerprint density at radius 2 is 2.00 bits per heavy atom. The number of nitrogens with zero attached hydrogens (tertiary/aromatic N) is 1. The van der Waals surface area contributed by atoms with Gasteiger partial charge in [-0.2, -0.15) is 0 Å². The molecule has 1 rings (SSSR count). The van der Waals surface area contributed by atoms with Crippen molar-refractivity contribution < 1.29 is 9.22 Å². The first-order valence-electron chi connectivity index (χ1n) is 8.40. The molecule has 0 saturated carbocycles. The van der Waals surface area contributed by atoms with Crippen LogP contribution < -0.4 is 0 Å². The number of aromatic nitrogens is 1. The predicted octanol–water partition coefficient (Wildman–Crippen LogP) is 4.89. The molecule has 0 aliphatic rings. The van der Waals surface area contributed by atoms with Gasteiger partial charge in [-0.15, -0.1) is 12.6 Å². The number of unbranched alkanes of at least 4 members (excludes halogenated alkanes) is 1. The fourth-order valence-corrected chi connectivity index (χ4v) is 3.43. The van der Waals surface area contributed by atoms with Crippen molar-refractivity contribution in [3.05, 3.63) is 30.1 Å². The van der Waals surface area contributed by atoms with E-state index in [9.17, 15) is 4.79 Å². The highest BCUT2D eigenvalue weighted by Crippen LogP contribution is 2.36. The van der Waals surface area contributed by atoms with Crippen molar-refractivity contribution in [3.8, 4) is 0 Å². The van der Waals surface area contributed by atoms with Crippen molar-refractivity contribution in [2.45, 2.75) is 64.6 Å². The molecular weight excluding hydrogens is 322 g/mol. The number of rotatable bonds is 9. The van der Waals surface area contributed by atoms with E-state index in [4.69, 9.17) is 4.43 Å². The van der Waals surface area contributed by atoms with Gasteiger partial charge < -0.3 is 4.43 Å². The lowest BCUT2D eigenvalue weighted by Gasteiger charge is -2.36. The molecule has 0 aliphatic carbocycles. The lowest BCUT2D eigenvalue weighted by molar-refractivity contribution is -0.114. The predicted molar refractivity (Wildman–Crippen MR) is 102 cm³/mol. The van der Waals surface area contributed by atoms with Crippen molar-refractivity contribution in [2.24, 2.45) is 5.92 Å². The first-order chi connectivity index (χ1) is 10.6. The summed E-state index contributed by atoms with van der Waals surface area (Å²) in [6.45, 7) is 12.1. The van der Waals surface area contributed by atoms with E-state index >= 15 is 0 Å². The summed E-state index contributed by atoms with van der Waals surface area (Å²) in [7, 11) is -1.66. The molecule has 1 aromatic heterocycles. The zero-order valence-corrected chi connectivity index (χ0v) is 17.0. The molecule has 1 aromatic rings. The molecule has 0 N–H and O–H groups in total.